The van der Waals surface area contributed by atoms with Crippen molar-refractivity contribution >= 4 is 11.3 Å². The Balaban J connectivity index is 1.98. The lowest BCUT2D eigenvalue weighted by Gasteiger charge is -2.40. The maximum Gasteiger partial charge on any atom is 0.0388 e. The van der Waals surface area contributed by atoms with Crippen LogP contribution in [-0.2, 0) is 0 Å². The summed E-state index contributed by atoms with van der Waals surface area (Å²) in [6.45, 7) is 7.10. The first kappa shape index (κ1) is 12.1. The molecule has 1 saturated carbocycles. The SMILES string of the molecule is CC(NC1CCCCC1(C)C)c1cccs1. The minimum Gasteiger partial charge on any atom is -0.306 e. The van der Waals surface area contributed by atoms with Gasteiger partial charge in [-0.05, 0) is 36.6 Å². The Bertz CT molecular complexity index is 315. The quantitative estimate of drug-likeness (QED) is 0.823. The minimum absolute atomic E-state index is 0.462. The van der Waals surface area contributed by atoms with Gasteiger partial charge in [0.1, 0.15) is 0 Å². The van der Waals surface area contributed by atoms with Gasteiger partial charge in [0, 0.05) is 17.0 Å². The molecule has 1 nitrogen and oxygen atoms in total. The van der Waals surface area contributed by atoms with Crippen LogP contribution in [0.2, 0.25) is 0 Å². The van der Waals surface area contributed by atoms with E-state index < -0.39 is 0 Å². The van der Waals surface area contributed by atoms with Gasteiger partial charge in [-0.15, -0.1) is 11.3 Å². The second kappa shape index (κ2) is 4.89. The van der Waals surface area contributed by atoms with Crippen LogP contribution in [0, 0.1) is 5.41 Å². The fourth-order valence-corrected chi connectivity index (χ4v) is 3.47. The first-order valence-corrected chi connectivity index (χ1v) is 7.27. The van der Waals surface area contributed by atoms with Crippen LogP contribution >= 0.6 is 11.3 Å². The molecule has 1 aliphatic carbocycles. The van der Waals surface area contributed by atoms with Gasteiger partial charge in [-0.1, -0.05) is 32.8 Å². The van der Waals surface area contributed by atoms with E-state index >= 15 is 0 Å². The summed E-state index contributed by atoms with van der Waals surface area (Å²) >= 11 is 1.86. The summed E-state index contributed by atoms with van der Waals surface area (Å²) in [5, 5.41) is 5.99. The summed E-state index contributed by atoms with van der Waals surface area (Å²) in [4.78, 5) is 1.46. The van der Waals surface area contributed by atoms with E-state index in [1.54, 1.807) is 0 Å². The zero-order valence-electron chi connectivity index (χ0n) is 10.6. The normalized spacial score (nSPS) is 26.6. The Morgan fingerprint density at radius 2 is 2.25 bits per heavy atom. The molecule has 1 N–H and O–H groups in total. The van der Waals surface area contributed by atoms with Crippen molar-refractivity contribution in [1.82, 2.24) is 5.32 Å². The zero-order chi connectivity index (χ0) is 11.6. The third-order valence-corrected chi connectivity index (χ3v) is 4.98. The highest BCUT2D eigenvalue weighted by Gasteiger charge is 2.32. The summed E-state index contributed by atoms with van der Waals surface area (Å²) in [6.07, 6.45) is 5.49. The molecular weight excluding hydrogens is 214 g/mol. The van der Waals surface area contributed by atoms with Gasteiger partial charge in [0.25, 0.3) is 0 Å². The summed E-state index contributed by atoms with van der Waals surface area (Å²) < 4.78 is 0. The fraction of sp³-hybridized carbons (Fsp3) is 0.714. The highest BCUT2D eigenvalue weighted by atomic mass is 32.1. The first-order chi connectivity index (χ1) is 7.59. The monoisotopic (exact) mass is 237 g/mol. The molecule has 0 spiro atoms. The highest BCUT2D eigenvalue weighted by molar-refractivity contribution is 7.10. The van der Waals surface area contributed by atoms with E-state index in [0.29, 0.717) is 17.5 Å². The molecule has 0 amide bonds. The highest BCUT2D eigenvalue weighted by Crippen LogP contribution is 2.36. The van der Waals surface area contributed by atoms with Crippen LogP contribution < -0.4 is 5.32 Å². The Kier molecular flexibility index (Phi) is 3.70. The summed E-state index contributed by atoms with van der Waals surface area (Å²) in [5.74, 6) is 0. The molecule has 2 heteroatoms. The van der Waals surface area contributed by atoms with E-state index in [0.717, 1.165) is 0 Å². The van der Waals surface area contributed by atoms with Crippen molar-refractivity contribution in [3.63, 3.8) is 0 Å². The van der Waals surface area contributed by atoms with Crippen molar-refractivity contribution in [3.8, 4) is 0 Å². The van der Waals surface area contributed by atoms with E-state index in [1.165, 1.54) is 30.6 Å². The third-order valence-electron chi connectivity index (χ3n) is 3.93. The second-order valence-electron chi connectivity index (χ2n) is 5.69. The number of hydrogen-bond donors (Lipinski definition) is 1. The number of thiophene rings is 1. The molecule has 90 valence electrons. The summed E-state index contributed by atoms with van der Waals surface area (Å²) in [7, 11) is 0. The summed E-state index contributed by atoms with van der Waals surface area (Å²) in [5.41, 5.74) is 0.462. The molecule has 16 heavy (non-hydrogen) atoms. The molecule has 0 aromatic carbocycles. The van der Waals surface area contributed by atoms with Crippen LogP contribution in [0.5, 0.6) is 0 Å². The van der Waals surface area contributed by atoms with E-state index in [2.05, 4.69) is 43.6 Å². The number of nitrogens with one attached hydrogen (secondary N) is 1. The lowest BCUT2D eigenvalue weighted by Crippen LogP contribution is -2.44. The van der Waals surface area contributed by atoms with Gasteiger partial charge in [0.2, 0.25) is 0 Å². The van der Waals surface area contributed by atoms with Crippen molar-refractivity contribution in [2.45, 2.75) is 58.5 Å². The van der Waals surface area contributed by atoms with Crippen molar-refractivity contribution in [1.29, 1.82) is 0 Å². The van der Waals surface area contributed by atoms with E-state index in [9.17, 15) is 0 Å². The van der Waals surface area contributed by atoms with Crippen LogP contribution in [0.3, 0.4) is 0 Å². The van der Waals surface area contributed by atoms with Crippen molar-refractivity contribution in [2.75, 3.05) is 0 Å². The lowest BCUT2D eigenvalue weighted by molar-refractivity contribution is 0.158. The molecule has 0 bridgehead atoms. The molecule has 0 saturated heterocycles. The van der Waals surface area contributed by atoms with Crippen LogP contribution in [0.25, 0.3) is 0 Å². The van der Waals surface area contributed by atoms with Crippen LogP contribution in [-0.4, -0.2) is 6.04 Å². The topological polar surface area (TPSA) is 12.0 Å². The van der Waals surface area contributed by atoms with E-state index in [4.69, 9.17) is 0 Å². The Morgan fingerprint density at radius 3 is 2.88 bits per heavy atom. The fourth-order valence-electron chi connectivity index (χ4n) is 2.72. The molecule has 1 fully saturated rings. The molecule has 1 aromatic rings. The van der Waals surface area contributed by atoms with Gasteiger partial charge in [0.15, 0.2) is 0 Å². The van der Waals surface area contributed by atoms with Crippen LogP contribution in [0.4, 0.5) is 0 Å². The zero-order valence-corrected chi connectivity index (χ0v) is 11.4. The van der Waals surface area contributed by atoms with Gasteiger partial charge >= 0.3 is 0 Å². The predicted octanol–water partition coefficient (Wildman–Crippen LogP) is 4.37. The molecular formula is C14H23NS. The van der Waals surface area contributed by atoms with Gasteiger partial charge in [0.05, 0.1) is 0 Å². The van der Waals surface area contributed by atoms with Gasteiger partial charge in [-0.2, -0.15) is 0 Å². The maximum absolute atomic E-state index is 3.82. The molecule has 1 heterocycles. The Hall–Kier alpha value is -0.340. The molecule has 0 radical (unpaired) electrons. The molecule has 1 aliphatic rings. The molecule has 2 atom stereocenters. The van der Waals surface area contributed by atoms with Gasteiger partial charge in [-0.25, -0.2) is 0 Å². The molecule has 1 aromatic heterocycles. The lowest BCUT2D eigenvalue weighted by atomic mass is 9.73. The molecule has 2 unspecified atom stereocenters. The van der Waals surface area contributed by atoms with Crippen LogP contribution in [0.1, 0.15) is 57.4 Å². The predicted molar refractivity (Wildman–Crippen MR) is 71.9 cm³/mol. The molecule has 0 aliphatic heterocycles. The Morgan fingerprint density at radius 1 is 1.44 bits per heavy atom. The van der Waals surface area contributed by atoms with Crippen molar-refractivity contribution < 1.29 is 0 Å². The Labute approximate surface area is 103 Å². The van der Waals surface area contributed by atoms with Gasteiger partial charge in [-0.3, -0.25) is 0 Å². The average Bonchev–Trinajstić information content (AvgIpc) is 2.74. The maximum atomic E-state index is 3.82. The van der Waals surface area contributed by atoms with Crippen molar-refractivity contribution in [2.24, 2.45) is 5.41 Å². The first-order valence-electron chi connectivity index (χ1n) is 6.39. The second-order valence-corrected chi connectivity index (χ2v) is 6.67. The van der Waals surface area contributed by atoms with Crippen LogP contribution in [0.15, 0.2) is 17.5 Å². The van der Waals surface area contributed by atoms with Gasteiger partial charge < -0.3 is 5.32 Å². The minimum atomic E-state index is 0.462. The standard InChI is InChI=1S/C14H23NS/c1-11(12-7-6-10-16-12)15-13-8-4-5-9-14(13,2)3/h6-7,10-11,13,15H,4-5,8-9H2,1-3H3. The van der Waals surface area contributed by atoms with Crippen molar-refractivity contribution in [3.05, 3.63) is 22.4 Å². The molecule has 2 rings (SSSR count). The van der Waals surface area contributed by atoms with E-state index in [1.807, 2.05) is 11.3 Å². The number of rotatable bonds is 3. The average molecular weight is 237 g/mol. The summed E-state index contributed by atoms with van der Waals surface area (Å²) in [6, 6.07) is 5.56. The smallest absolute Gasteiger partial charge is 0.0388 e. The largest absolute Gasteiger partial charge is 0.306 e. The third kappa shape index (κ3) is 2.67. The van der Waals surface area contributed by atoms with E-state index in [-0.39, 0.29) is 0 Å². The number of hydrogen-bond acceptors (Lipinski definition) is 2.